The van der Waals surface area contributed by atoms with Gasteiger partial charge in [0.15, 0.2) is 0 Å². The molecule has 0 bridgehead atoms. The Morgan fingerprint density at radius 3 is 2.79 bits per heavy atom. The summed E-state index contributed by atoms with van der Waals surface area (Å²) in [7, 11) is 2.23. The third-order valence-electron chi connectivity index (χ3n) is 5.73. The molecule has 3 nitrogen and oxygen atoms in total. The Morgan fingerprint density at radius 2 is 2.12 bits per heavy atom. The number of nitrogens with one attached hydrogen (secondary N) is 1. The number of H-pyrrole nitrogens is 1. The zero-order chi connectivity index (χ0) is 17.2. The summed E-state index contributed by atoms with van der Waals surface area (Å²) >= 11 is 0. The van der Waals surface area contributed by atoms with Gasteiger partial charge in [-0.05, 0) is 69.0 Å². The Labute approximate surface area is 145 Å². The topological polar surface area (TPSA) is 39.3 Å². The van der Waals surface area contributed by atoms with Gasteiger partial charge in [0.1, 0.15) is 0 Å². The number of hydrogen-bond acceptors (Lipinski definition) is 2. The van der Waals surface area contributed by atoms with Crippen LogP contribution in [-0.2, 0) is 6.42 Å². The van der Waals surface area contributed by atoms with Gasteiger partial charge in [-0.3, -0.25) is 0 Å². The maximum absolute atomic E-state index is 10.4. The summed E-state index contributed by atoms with van der Waals surface area (Å²) in [5, 5.41) is 11.8. The van der Waals surface area contributed by atoms with E-state index in [1.165, 1.54) is 35.9 Å². The van der Waals surface area contributed by atoms with Crippen LogP contribution >= 0.6 is 0 Å². The normalized spacial score (nSPS) is 19.8. The molecule has 1 atom stereocenters. The average molecular weight is 326 g/mol. The Kier molecular flexibility index (Phi) is 5.12. The van der Waals surface area contributed by atoms with Crippen LogP contribution in [0.2, 0.25) is 0 Å². The van der Waals surface area contributed by atoms with Crippen LogP contribution in [0.1, 0.15) is 50.7 Å². The van der Waals surface area contributed by atoms with Gasteiger partial charge in [-0.25, -0.2) is 0 Å². The van der Waals surface area contributed by atoms with Crippen LogP contribution in [0.5, 0.6) is 0 Å². The number of fused-ring (bicyclic) bond motifs is 1. The van der Waals surface area contributed by atoms with Crippen molar-refractivity contribution < 1.29 is 5.11 Å². The lowest BCUT2D eigenvalue weighted by molar-refractivity contribution is 0.0836. The van der Waals surface area contributed by atoms with E-state index in [1.54, 1.807) is 0 Å². The number of rotatable bonds is 6. The van der Waals surface area contributed by atoms with Gasteiger partial charge in [0.2, 0.25) is 0 Å². The molecule has 0 unspecified atom stereocenters. The molecule has 0 radical (unpaired) electrons. The minimum Gasteiger partial charge on any atom is -0.386 e. The lowest BCUT2D eigenvalue weighted by Crippen LogP contribution is -2.26. The number of aliphatic hydroxyl groups is 1. The average Bonchev–Trinajstić information content (AvgIpc) is 3.19. The van der Waals surface area contributed by atoms with Gasteiger partial charge in [0, 0.05) is 23.1 Å². The quantitative estimate of drug-likeness (QED) is 0.827. The molecule has 1 aromatic heterocycles. The molecule has 3 rings (SSSR count). The SMILES string of the molecule is CCC(O)(/C=C/c1ccc2[nH]cc(C[C@H]3CCCN3C)c2c1)CC. The van der Waals surface area contributed by atoms with E-state index in [4.69, 9.17) is 0 Å². The van der Waals surface area contributed by atoms with E-state index < -0.39 is 5.60 Å². The van der Waals surface area contributed by atoms with Crippen LogP contribution < -0.4 is 0 Å². The molecule has 1 aliphatic rings. The molecule has 0 saturated carbocycles. The van der Waals surface area contributed by atoms with Crippen molar-refractivity contribution in [3.05, 3.63) is 41.6 Å². The third-order valence-corrected chi connectivity index (χ3v) is 5.73. The molecular weight excluding hydrogens is 296 g/mol. The van der Waals surface area contributed by atoms with Crippen LogP contribution in [0.4, 0.5) is 0 Å². The smallest absolute Gasteiger partial charge is 0.0825 e. The third kappa shape index (κ3) is 3.57. The molecule has 1 aliphatic heterocycles. The highest BCUT2D eigenvalue weighted by atomic mass is 16.3. The summed E-state index contributed by atoms with van der Waals surface area (Å²) in [5.41, 5.74) is 3.07. The summed E-state index contributed by atoms with van der Waals surface area (Å²) in [4.78, 5) is 5.88. The highest BCUT2D eigenvalue weighted by molar-refractivity contribution is 5.85. The molecule has 0 amide bonds. The second kappa shape index (κ2) is 7.12. The molecule has 2 aromatic rings. The van der Waals surface area contributed by atoms with Crippen LogP contribution in [0, 0.1) is 0 Å². The molecule has 1 aromatic carbocycles. The molecule has 3 heteroatoms. The second-order valence-electron chi connectivity index (χ2n) is 7.24. The zero-order valence-electron chi connectivity index (χ0n) is 15.2. The van der Waals surface area contributed by atoms with Crippen molar-refractivity contribution in [2.24, 2.45) is 0 Å². The Bertz CT molecular complexity index is 712. The van der Waals surface area contributed by atoms with Crippen molar-refractivity contribution in [1.82, 2.24) is 9.88 Å². The van der Waals surface area contributed by atoms with Gasteiger partial charge < -0.3 is 15.0 Å². The minimum atomic E-state index is -0.692. The molecule has 0 spiro atoms. The first-order chi connectivity index (χ1) is 11.5. The largest absolute Gasteiger partial charge is 0.386 e. The molecule has 2 heterocycles. The van der Waals surface area contributed by atoms with Crippen LogP contribution in [0.3, 0.4) is 0 Å². The second-order valence-corrected chi connectivity index (χ2v) is 7.24. The van der Waals surface area contributed by atoms with Gasteiger partial charge in [-0.2, -0.15) is 0 Å². The van der Waals surface area contributed by atoms with Gasteiger partial charge in [0.05, 0.1) is 5.60 Å². The Hall–Kier alpha value is -1.58. The molecule has 0 aliphatic carbocycles. The first kappa shape index (κ1) is 17.2. The Balaban J connectivity index is 1.84. The summed E-state index contributed by atoms with van der Waals surface area (Å²) in [6, 6.07) is 7.17. The highest BCUT2D eigenvalue weighted by Gasteiger charge is 2.22. The van der Waals surface area contributed by atoms with Crippen LogP contribution in [-0.4, -0.2) is 40.2 Å². The van der Waals surface area contributed by atoms with Gasteiger partial charge in [-0.15, -0.1) is 0 Å². The van der Waals surface area contributed by atoms with Crippen molar-refractivity contribution in [2.45, 2.75) is 57.6 Å². The molecule has 1 saturated heterocycles. The number of nitrogens with zero attached hydrogens (tertiary/aromatic N) is 1. The van der Waals surface area contributed by atoms with Crippen molar-refractivity contribution in [3.8, 4) is 0 Å². The molecule has 1 fully saturated rings. The van der Waals surface area contributed by atoms with Crippen molar-refractivity contribution >= 4 is 17.0 Å². The maximum Gasteiger partial charge on any atom is 0.0825 e. The molecule has 2 N–H and O–H groups in total. The van der Waals surface area contributed by atoms with Gasteiger partial charge in [-0.1, -0.05) is 32.1 Å². The fourth-order valence-electron chi connectivity index (χ4n) is 3.70. The van der Waals surface area contributed by atoms with E-state index in [1.807, 2.05) is 19.9 Å². The number of aromatic nitrogens is 1. The van der Waals surface area contributed by atoms with Crippen molar-refractivity contribution in [1.29, 1.82) is 0 Å². The fraction of sp³-hybridized carbons (Fsp3) is 0.524. The van der Waals surface area contributed by atoms with Crippen molar-refractivity contribution in [3.63, 3.8) is 0 Å². The van der Waals surface area contributed by atoms with Crippen LogP contribution in [0.15, 0.2) is 30.5 Å². The monoisotopic (exact) mass is 326 g/mol. The first-order valence-corrected chi connectivity index (χ1v) is 9.26. The standard InChI is InChI=1S/C21H30N2O/c1-4-21(24,5-2)11-10-16-8-9-20-19(13-16)17(15-22-20)14-18-7-6-12-23(18)3/h8-11,13,15,18,22,24H,4-7,12,14H2,1-3H3/b11-10+/t18-/m1/s1. The van der Waals surface area contributed by atoms with E-state index in [9.17, 15) is 5.11 Å². The van der Waals surface area contributed by atoms with E-state index in [-0.39, 0.29) is 0 Å². The lowest BCUT2D eigenvalue weighted by atomic mass is 9.95. The predicted molar refractivity (Wildman–Crippen MR) is 102 cm³/mol. The van der Waals surface area contributed by atoms with Gasteiger partial charge >= 0.3 is 0 Å². The van der Waals surface area contributed by atoms with Crippen LogP contribution in [0.25, 0.3) is 17.0 Å². The van der Waals surface area contributed by atoms with E-state index >= 15 is 0 Å². The maximum atomic E-state index is 10.4. The highest BCUT2D eigenvalue weighted by Crippen LogP contribution is 2.26. The summed E-state index contributed by atoms with van der Waals surface area (Å²) in [5.74, 6) is 0. The number of likely N-dealkylation sites (N-methyl/N-ethyl adjacent to an activating group) is 1. The number of likely N-dealkylation sites (tertiary alicyclic amines) is 1. The molecule has 24 heavy (non-hydrogen) atoms. The summed E-state index contributed by atoms with van der Waals surface area (Å²) in [6.07, 6.45) is 11.4. The first-order valence-electron chi connectivity index (χ1n) is 9.26. The fourth-order valence-corrected chi connectivity index (χ4v) is 3.70. The predicted octanol–water partition coefficient (Wildman–Crippen LogP) is 4.37. The van der Waals surface area contributed by atoms with Crippen molar-refractivity contribution in [2.75, 3.05) is 13.6 Å². The van der Waals surface area contributed by atoms with E-state index in [0.717, 1.165) is 24.8 Å². The van der Waals surface area contributed by atoms with Gasteiger partial charge in [0.25, 0.3) is 0 Å². The van der Waals surface area contributed by atoms with E-state index in [0.29, 0.717) is 6.04 Å². The minimum absolute atomic E-state index is 0.661. The zero-order valence-corrected chi connectivity index (χ0v) is 15.2. The molecular formula is C21H30N2O. The number of hydrogen-bond donors (Lipinski definition) is 2. The summed E-state index contributed by atoms with van der Waals surface area (Å²) in [6.45, 7) is 5.27. The Morgan fingerprint density at radius 1 is 1.33 bits per heavy atom. The number of aromatic amines is 1. The lowest BCUT2D eigenvalue weighted by Gasteiger charge is -2.20. The molecule has 130 valence electrons. The number of benzene rings is 1. The summed E-state index contributed by atoms with van der Waals surface area (Å²) < 4.78 is 0. The van der Waals surface area contributed by atoms with E-state index in [2.05, 4.69) is 47.4 Å².